The first-order valence-corrected chi connectivity index (χ1v) is 6.81. The van der Waals surface area contributed by atoms with Crippen molar-refractivity contribution in [3.05, 3.63) is 71.3 Å². The highest BCUT2D eigenvalue weighted by Gasteiger charge is 2.30. The summed E-state index contributed by atoms with van der Waals surface area (Å²) in [6, 6.07) is 14.6. The van der Waals surface area contributed by atoms with Gasteiger partial charge in [-0.15, -0.1) is 0 Å². The second-order valence-electron chi connectivity index (χ2n) is 5.12. The highest BCUT2D eigenvalue weighted by atomic mass is 19.4. The van der Waals surface area contributed by atoms with Crippen molar-refractivity contribution >= 4 is 5.71 Å². The van der Waals surface area contributed by atoms with Gasteiger partial charge < -0.3 is 5.21 Å². The van der Waals surface area contributed by atoms with Crippen LogP contribution in [-0.4, -0.2) is 10.9 Å². The second-order valence-corrected chi connectivity index (χ2v) is 5.12. The molecule has 2 aromatic carbocycles. The van der Waals surface area contributed by atoms with Crippen LogP contribution in [0.25, 0.3) is 0 Å². The van der Waals surface area contributed by atoms with Gasteiger partial charge in [0.15, 0.2) is 0 Å². The molecule has 0 saturated heterocycles. The van der Waals surface area contributed by atoms with Crippen molar-refractivity contribution in [2.45, 2.75) is 25.4 Å². The summed E-state index contributed by atoms with van der Waals surface area (Å²) < 4.78 is 38.0. The third-order valence-corrected chi connectivity index (χ3v) is 3.51. The molecule has 1 unspecified atom stereocenters. The molecule has 22 heavy (non-hydrogen) atoms. The summed E-state index contributed by atoms with van der Waals surface area (Å²) in [5.74, 6) is -0.153. The van der Waals surface area contributed by atoms with Crippen LogP contribution in [0.15, 0.2) is 59.8 Å². The van der Waals surface area contributed by atoms with Crippen molar-refractivity contribution in [3.8, 4) is 0 Å². The van der Waals surface area contributed by atoms with E-state index in [0.29, 0.717) is 12.1 Å². The fourth-order valence-electron chi connectivity index (χ4n) is 2.35. The van der Waals surface area contributed by atoms with Gasteiger partial charge in [-0.3, -0.25) is 0 Å². The normalized spacial score (nSPS) is 13.9. The Morgan fingerprint density at radius 3 is 2.05 bits per heavy atom. The Morgan fingerprint density at radius 1 is 1.00 bits per heavy atom. The molecule has 0 aliphatic rings. The standard InChI is InChI=1S/C17H16F3NO/c1-12(21-22)11-16(13-5-3-2-4-6-13)14-7-9-15(10-8-14)17(18,19)20/h2-10,16,22H,11H2,1H3/b21-12+. The van der Waals surface area contributed by atoms with E-state index in [4.69, 9.17) is 5.21 Å². The number of alkyl halides is 3. The van der Waals surface area contributed by atoms with Crippen LogP contribution < -0.4 is 0 Å². The summed E-state index contributed by atoms with van der Waals surface area (Å²) in [5.41, 5.74) is 1.57. The molecule has 2 aromatic rings. The average Bonchev–Trinajstić information content (AvgIpc) is 2.52. The lowest BCUT2D eigenvalue weighted by Gasteiger charge is -2.18. The maximum Gasteiger partial charge on any atom is 0.416 e. The van der Waals surface area contributed by atoms with Crippen molar-refractivity contribution in [2.75, 3.05) is 0 Å². The van der Waals surface area contributed by atoms with Gasteiger partial charge in [-0.1, -0.05) is 47.6 Å². The van der Waals surface area contributed by atoms with E-state index in [2.05, 4.69) is 5.16 Å². The Bertz CT molecular complexity index is 633. The van der Waals surface area contributed by atoms with Crippen molar-refractivity contribution < 1.29 is 18.4 Å². The molecule has 0 aliphatic carbocycles. The molecule has 0 amide bonds. The average molecular weight is 307 g/mol. The third-order valence-electron chi connectivity index (χ3n) is 3.51. The van der Waals surface area contributed by atoms with E-state index in [1.54, 1.807) is 6.92 Å². The second kappa shape index (κ2) is 6.64. The lowest BCUT2D eigenvalue weighted by atomic mass is 9.87. The molecule has 0 bridgehead atoms. The summed E-state index contributed by atoms with van der Waals surface area (Å²) in [6.07, 6.45) is -3.91. The van der Waals surface area contributed by atoms with Gasteiger partial charge in [0.1, 0.15) is 0 Å². The molecule has 116 valence electrons. The van der Waals surface area contributed by atoms with Gasteiger partial charge in [0.05, 0.1) is 11.3 Å². The van der Waals surface area contributed by atoms with Gasteiger partial charge >= 0.3 is 6.18 Å². The van der Waals surface area contributed by atoms with E-state index in [-0.39, 0.29) is 5.92 Å². The quantitative estimate of drug-likeness (QED) is 0.477. The minimum atomic E-state index is -4.34. The molecule has 2 rings (SSSR count). The van der Waals surface area contributed by atoms with Crippen LogP contribution in [0.3, 0.4) is 0 Å². The first-order valence-electron chi connectivity index (χ1n) is 6.81. The molecule has 2 nitrogen and oxygen atoms in total. The first kappa shape index (κ1) is 16.1. The van der Waals surface area contributed by atoms with E-state index in [9.17, 15) is 13.2 Å². The molecular formula is C17H16F3NO. The Labute approximate surface area is 126 Å². The van der Waals surface area contributed by atoms with Crippen LogP contribution >= 0.6 is 0 Å². The molecule has 0 heterocycles. The van der Waals surface area contributed by atoms with Crippen LogP contribution in [0, 0.1) is 0 Å². The molecule has 5 heteroatoms. The maximum absolute atomic E-state index is 12.7. The molecule has 0 saturated carbocycles. The van der Waals surface area contributed by atoms with E-state index in [1.807, 2.05) is 30.3 Å². The lowest BCUT2D eigenvalue weighted by molar-refractivity contribution is -0.137. The number of rotatable bonds is 4. The van der Waals surface area contributed by atoms with Crippen molar-refractivity contribution in [2.24, 2.45) is 5.16 Å². The van der Waals surface area contributed by atoms with Crippen LogP contribution in [0.2, 0.25) is 0 Å². The summed E-state index contributed by atoms with van der Waals surface area (Å²) in [5, 5.41) is 12.0. The maximum atomic E-state index is 12.7. The third kappa shape index (κ3) is 3.87. The van der Waals surface area contributed by atoms with E-state index >= 15 is 0 Å². The predicted octanol–water partition coefficient (Wildman–Crippen LogP) is 5.08. The Hall–Kier alpha value is -2.30. The van der Waals surface area contributed by atoms with Gasteiger partial charge in [-0.2, -0.15) is 13.2 Å². The van der Waals surface area contributed by atoms with Crippen LogP contribution in [-0.2, 0) is 6.18 Å². The molecular weight excluding hydrogens is 291 g/mol. The Kier molecular flexibility index (Phi) is 4.85. The van der Waals surface area contributed by atoms with Crippen LogP contribution in [0.4, 0.5) is 13.2 Å². The number of hydrogen-bond donors (Lipinski definition) is 1. The molecule has 0 aromatic heterocycles. The first-order chi connectivity index (χ1) is 10.4. The monoisotopic (exact) mass is 307 g/mol. The van der Waals surface area contributed by atoms with Gasteiger partial charge in [-0.05, 0) is 36.6 Å². The van der Waals surface area contributed by atoms with Gasteiger partial charge in [0.25, 0.3) is 0 Å². The van der Waals surface area contributed by atoms with Gasteiger partial charge in [-0.25, -0.2) is 0 Å². The molecule has 0 radical (unpaired) electrons. The zero-order chi connectivity index (χ0) is 16.2. The molecule has 0 fully saturated rings. The van der Waals surface area contributed by atoms with Crippen LogP contribution in [0.5, 0.6) is 0 Å². The molecule has 1 N–H and O–H groups in total. The fraction of sp³-hybridized carbons (Fsp3) is 0.235. The Morgan fingerprint density at radius 2 is 1.55 bits per heavy atom. The SMILES string of the molecule is C/C(CC(c1ccccc1)c1ccc(C(F)(F)F)cc1)=N\O. The van der Waals surface area contributed by atoms with Crippen molar-refractivity contribution in [1.82, 2.24) is 0 Å². The fourth-order valence-corrected chi connectivity index (χ4v) is 2.35. The number of halogens is 3. The van der Waals surface area contributed by atoms with Gasteiger partial charge in [0.2, 0.25) is 0 Å². The minimum absolute atomic E-state index is 0.153. The molecule has 0 spiro atoms. The number of hydrogen-bond acceptors (Lipinski definition) is 2. The van der Waals surface area contributed by atoms with E-state index in [1.165, 1.54) is 12.1 Å². The zero-order valence-corrected chi connectivity index (χ0v) is 12.0. The highest BCUT2D eigenvalue weighted by molar-refractivity contribution is 5.82. The van der Waals surface area contributed by atoms with Crippen molar-refractivity contribution in [3.63, 3.8) is 0 Å². The minimum Gasteiger partial charge on any atom is -0.411 e. The zero-order valence-electron chi connectivity index (χ0n) is 12.0. The molecule has 1 atom stereocenters. The smallest absolute Gasteiger partial charge is 0.411 e. The van der Waals surface area contributed by atoms with Crippen molar-refractivity contribution in [1.29, 1.82) is 0 Å². The Balaban J connectivity index is 2.37. The largest absolute Gasteiger partial charge is 0.416 e. The van der Waals surface area contributed by atoms with E-state index in [0.717, 1.165) is 23.3 Å². The predicted molar refractivity (Wildman–Crippen MR) is 79.2 cm³/mol. The topological polar surface area (TPSA) is 32.6 Å². The molecule has 0 aliphatic heterocycles. The van der Waals surface area contributed by atoms with E-state index < -0.39 is 11.7 Å². The lowest BCUT2D eigenvalue weighted by Crippen LogP contribution is -2.08. The number of benzene rings is 2. The summed E-state index contributed by atoms with van der Waals surface area (Å²) in [4.78, 5) is 0. The number of nitrogens with zero attached hydrogens (tertiary/aromatic N) is 1. The van der Waals surface area contributed by atoms with Gasteiger partial charge in [0, 0.05) is 5.92 Å². The summed E-state index contributed by atoms with van der Waals surface area (Å²) >= 11 is 0. The summed E-state index contributed by atoms with van der Waals surface area (Å²) in [7, 11) is 0. The van der Waals surface area contributed by atoms with Crippen LogP contribution in [0.1, 0.15) is 36.0 Å². The number of oxime groups is 1. The highest BCUT2D eigenvalue weighted by Crippen LogP contribution is 2.33. The summed E-state index contributed by atoms with van der Waals surface area (Å²) in [6.45, 7) is 1.68.